The Morgan fingerprint density at radius 3 is 2.50 bits per heavy atom. The maximum absolute atomic E-state index is 12.1. The Hall–Kier alpha value is -1.55. The van der Waals surface area contributed by atoms with E-state index in [9.17, 15) is 4.79 Å². The van der Waals surface area contributed by atoms with Gasteiger partial charge >= 0.3 is 6.09 Å². The molecule has 0 bridgehead atoms. The van der Waals surface area contributed by atoms with Gasteiger partial charge < -0.3 is 15.0 Å². The average Bonchev–Trinajstić information content (AvgIpc) is 3.32. The molecule has 0 aromatic heterocycles. The number of nitrogens with zero attached hydrogens (tertiary/aromatic N) is 1. The van der Waals surface area contributed by atoms with E-state index in [1.165, 1.54) is 12.0 Å². The molecule has 2 atom stereocenters. The molecule has 1 amide bonds. The van der Waals surface area contributed by atoms with Crippen LogP contribution in [0.5, 0.6) is 0 Å². The Balaban J connectivity index is 1.36. The number of hydrogen-bond acceptors (Lipinski definition) is 3. The third kappa shape index (κ3) is 4.73. The predicted molar refractivity (Wildman–Crippen MR) is 96.1 cm³/mol. The Labute approximate surface area is 145 Å². The van der Waals surface area contributed by atoms with Crippen molar-refractivity contribution in [1.82, 2.24) is 10.2 Å². The summed E-state index contributed by atoms with van der Waals surface area (Å²) in [5.74, 6) is 1.36. The molecular formula is C20H30N2O2. The molecule has 1 heterocycles. The summed E-state index contributed by atoms with van der Waals surface area (Å²) in [7, 11) is 0. The minimum Gasteiger partial charge on any atom is -0.444 e. The fourth-order valence-corrected chi connectivity index (χ4v) is 3.45. The van der Waals surface area contributed by atoms with E-state index in [4.69, 9.17) is 4.74 Å². The van der Waals surface area contributed by atoms with E-state index >= 15 is 0 Å². The number of carbonyl (C=O) groups is 1. The molecule has 1 aliphatic heterocycles. The highest BCUT2D eigenvalue weighted by Gasteiger charge is 2.38. The fraction of sp³-hybridized carbons (Fsp3) is 0.650. The predicted octanol–water partition coefficient (Wildman–Crippen LogP) is 3.78. The first kappa shape index (κ1) is 17.3. The molecule has 4 heteroatoms. The first-order valence-electron chi connectivity index (χ1n) is 9.18. The van der Waals surface area contributed by atoms with Crippen molar-refractivity contribution in [3.8, 4) is 0 Å². The van der Waals surface area contributed by atoms with Crippen LogP contribution in [0.1, 0.15) is 51.5 Å². The lowest BCUT2D eigenvalue weighted by atomic mass is 9.97. The third-order valence-electron chi connectivity index (χ3n) is 4.95. The molecule has 4 nitrogen and oxygen atoms in total. The standard InChI is InChI=1S/C20H30N2O2/c1-20(2,3)24-19(23)22-11-9-15(10-12-22)14-21-18-13-17(18)16-7-5-4-6-8-16/h4-8,15,17-18,21H,9-14H2,1-3H3/t17-,18+/m1/s1. The highest BCUT2D eigenvalue weighted by Crippen LogP contribution is 2.40. The number of benzene rings is 1. The number of likely N-dealkylation sites (tertiary alicyclic amines) is 1. The summed E-state index contributed by atoms with van der Waals surface area (Å²) in [6.45, 7) is 8.44. The number of rotatable bonds is 4. The van der Waals surface area contributed by atoms with Crippen molar-refractivity contribution >= 4 is 6.09 Å². The summed E-state index contributed by atoms with van der Waals surface area (Å²) in [4.78, 5) is 13.9. The molecule has 1 aliphatic carbocycles. The van der Waals surface area contributed by atoms with Gasteiger partial charge in [0.1, 0.15) is 5.60 Å². The SMILES string of the molecule is CC(C)(C)OC(=O)N1CCC(CN[C@H]2C[C@@H]2c2ccccc2)CC1. The van der Waals surface area contributed by atoms with Crippen LogP contribution < -0.4 is 5.32 Å². The van der Waals surface area contributed by atoms with Gasteiger partial charge in [0.05, 0.1) is 0 Å². The van der Waals surface area contributed by atoms with Crippen molar-refractivity contribution in [2.45, 2.75) is 57.6 Å². The zero-order chi connectivity index (χ0) is 17.2. The normalized spacial score (nSPS) is 24.7. The summed E-state index contributed by atoms with van der Waals surface area (Å²) in [6.07, 6.45) is 3.21. The second-order valence-corrected chi connectivity index (χ2v) is 8.18. The van der Waals surface area contributed by atoms with E-state index in [1.54, 1.807) is 0 Å². The monoisotopic (exact) mass is 330 g/mol. The Morgan fingerprint density at radius 1 is 1.21 bits per heavy atom. The smallest absolute Gasteiger partial charge is 0.410 e. The number of ether oxygens (including phenoxy) is 1. The lowest BCUT2D eigenvalue weighted by Crippen LogP contribution is -2.43. The molecule has 2 fully saturated rings. The summed E-state index contributed by atoms with van der Waals surface area (Å²) in [5.41, 5.74) is 1.04. The lowest BCUT2D eigenvalue weighted by Gasteiger charge is -2.33. The van der Waals surface area contributed by atoms with Gasteiger partial charge in [-0.3, -0.25) is 0 Å². The second kappa shape index (κ2) is 7.14. The molecule has 24 heavy (non-hydrogen) atoms. The fourth-order valence-electron chi connectivity index (χ4n) is 3.45. The molecule has 0 spiro atoms. The van der Waals surface area contributed by atoms with Crippen LogP contribution in [0.3, 0.4) is 0 Å². The molecule has 0 unspecified atom stereocenters. The topological polar surface area (TPSA) is 41.6 Å². The van der Waals surface area contributed by atoms with Crippen molar-refractivity contribution in [3.63, 3.8) is 0 Å². The number of nitrogens with one attached hydrogen (secondary N) is 1. The Kier molecular flexibility index (Phi) is 5.14. The van der Waals surface area contributed by atoms with Gasteiger partial charge in [0.25, 0.3) is 0 Å². The minimum atomic E-state index is -0.409. The molecule has 1 N–H and O–H groups in total. The van der Waals surface area contributed by atoms with Gasteiger partial charge in [-0.25, -0.2) is 4.79 Å². The van der Waals surface area contributed by atoms with E-state index in [2.05, 4.69) is 35.6 Å². The molecular weight excluding hydrogens is 300 g/mol. The molecule has 2 aliphatic rings. The van der Waals surface area contributed by atoms with Crippen LogP contribution in [0.2, 0.25) is 0 Å². The molecule has 1 saturated carbocycles. The van der Waals surface area contributed by atoms with Gasteiger partial charge in [0, 0.05) is 25.0 Å². The van der Waals surface area contributed by atoms with Gasteiger partial charge in [-0.15, -0.1) is 0 Å². The number of carbonyl (C=O) groups excluding carboxylic acids is 1. The van der Waals surface area contributed by atoms with Crippen LogP contribution in [0, 0.1) is 5.92 Å². The van der Waals surface area contributed by atoms with Crippen LogP contribution in [-0.4, -0.2) is 42.3 Å². The third-order valence-corrected chi connectivity index (χ3v) is 4.95. The van der Waals surface area contributed by atoms with E-state index in [0.717, 1.165) is 32.5 Å². The van der Waals surface area contributed by atoms with E-state index < -0.39 is 5.60 Å². The first-order valence-corrected chi connectivity index (χ1v) is 9.18. The van der Waals surface area contributed by atoms with E-state index in [-0.39, 0.29) is 6.09 Å². The number of hydrogen-bond donors (Lipinski definition) is 1. The van der Waals surface area contributed by atoms with Crippen molar-refractivity contribution in [3.05, 3.63) is 35.9 Å². The average molecular weight is 330 g/mol. The van der Waals surface area contributed by atoms with Gasteiger partial charge in [-0.05, 0) is 58.1 Å². The molecule has 1 aromatic carbocycles. The van der Waals surface area contributed by atoms with Crippen molar-refractivity contribution in [2.75, 3.05) is 19.6 Å². The Morgan fingerprint density at radius 2 is 1.88 bits per heavy atom. The number of amides is 1. The van der Waals surface area contributed by atoms with Gasteiger partial charge in [0.15, 0.2) is 0 Å². The van der Waals surface area contributed by atoms with E-state index in [1.807, 2.05) is 25.7 Å². The van der Waals surface area contributed by atoms with Crippen molar-refractivity contribution in [2.24, 2.45) is 5.92 Å². The lowest BCUT2D eigenvalue weighted by molar-refractivity contribution is 0.0184. The number of piperidine rings is 1. The summed E-state index contributed by atoms with van der Waals surface area (Å²) in [6, 6.07) is 11.4. The highest BCUT2D eigenvalue weighted by molar-refractivity contribution is 5.68. The summed E-state index contributed by atoms with van der Waals surface area (Å²) >= 11 is 0. The van der Waals surface area contributed by atoms with Crippen LogP contribution in [0.25, 0.3) is 0 Å². The highest BCUT2D eigenvalue weighted by atomic mass is 16.6. The molecule has 1 aromatic rings. The van der Waals surface area contributed by atoms with E-state index in [0.29, 0.717) is 17.9 Å². The zero-order valence-electron chi connectivity index (χ0n) is 15.1. The first-order chi connectivity index (χ1) is 11.4. The maximum Gasteiger partial charge on any atom is 0.410 e. The van der Waals surface area contributed by atoms with Gasteiger partial charge in [-0.2, -0.15) is 0 Å². The molecule has 3 rings (SSSR count). The second-order valence-electron chi connectivity index (χ2n) is 8.18. The zero-order valence-corrected chi connectivity index (χ0v) is 15.1. The largest absolute Gasteiger partial charge is 0.444 e. The van der Waals surface area contributed by atoms with Gasteiger partial charge in [0.2, 0.25) is 0 Å². The quantitative estimate of drug-likeness (QED) is 0.913. The summed E-state index contributed by atoms with van der Waals surface area (Å²) < 4.78 is 5.46. The van der Waals surface area contributed by atoms with Crippen molar-refractivity contribution < 1.29 is 9.53 Å². The summed E-state index contributed by atoms with van der Waals surface area (Å²) in [5, 5.41) is 3.72. The van der Waals surface area contributed by atoms with Crippen LogP contribution in [0.15, 0.2) is 30.3 Å². The van der Waals surface area contributed by atoms with Gasteiger partial charge in [-0.1, -0.05) is 30.3 Å². The van der Waals surface area contributed by atoms with Crippen LogP contribution in [-0.2, 0) is 4.74 Å². The molecule has 1 saturated heterocycles. The Bertz CT molecular complexity index is 545. The van der Waals surface area contributed by atoms with Crippen molar-refractivity contribution in [1.29, 1.82) is 0 Å². The van der Waals surface area contributed by atoms with Crippen LogP contribution in [0.4, 0.5) is 4.79 Å². The van der Waals surface area contributed by atoms with Crippen LogP contribution >= 0.6 is 0 Å². The molecule has 0 radical (unpaired) electrons. The molecule has 132 valence electrons. The maximum atomic E-state index is 12.1. The minimum absolute atomic E-state index is 0.166.